The zero-order valence-corrected chi connectivity index (χ0v) is 14.5. The number of hydrogen-bond acceptors (Lipinski definition) is 4. The number of aryl methyl sites for hydroxylation is 2. The van der Waals surface area contributed by atoms with Crippen LogP contribution in [0.1, 0.15) is 51.7 Å². The number of nitrogens with zero attached hydrogens (tertiary/aromatic N) is 2. The molecule has 1 amide bonds. The summed E-state index contributed by atoms with van der Waals surface area (Å²) in [5, 5.41) is 13.1. The first kappa shape index (κ1) is 17.2. The van der Waals surface area contributed by atoms with Gasteiger partial charge in [0, 0.05) is 24.6 Å². The summed E-state index contributed by atoms with van der Waals surface area (Å²) in [6, 6.07) is 7.02. The largest absolute Gasteiger partial charge is 0.478 e. The second-order valence-electron chi connectivity index (χ2n) is 6.59. The van der Waals surface area contributed by atoms with E-state index < -0.39 is 5.97 Å². The van der Waals surface area contributed by atoms with E-state index in [1.165, 1.54) is 0 Å². The van der Waals surface area contributed by atoms with E-state index in [4.69, 9.17) is 9.63 Å². The van der Waals surface area contributed by atoms with Crippen molar-refractivity contribution < 1.29 is 19.2 Å². The number of piperidine rings is 1. The fourth-order valence-electron chi connectivity index (χ4n) is 3.42. The van der Waals surface area contributed by atoms with Crippen molar-refractivity contribution in [3.8, 4) is 0 Å². The smallest absolute Gasteiger partial charge is 0.335 e. The number of aromatic carboxylic acids is 1. The number of amides is 1. The van der Waals surface area contributed by atoms with Crippen molar-refractivity contribution in [1.29, 1.82) is 0 Å². The summed E-state index contributed by atoms with van der Waals surface area (Å²) < 4.78 is 5.13. The molecule has 0 radical (unpaired) electrons. The van der Waals surface area contributed by atoms with Crippen LogP contribution in [0.2, 0.25) is 0 Å². The molecule has 2 heterocycles. The highest BCUT2D eigenvalue weighted by Gasteiger charge is 2.26. The molecule has 1 aliphatic heterocycles. The van der Waals surface area contributed by atoms with Crippen molar-refractivity contribution in [2.45, 2.75) is 39.0 Å². The second kappa shape index (κ2) is 7.09. The minimum atomic E-state index is -0.927. The maximum Gasteiger partial charge on any atom is 0.335 e. The summed E-state index contributed by atoms with van der Waals surface area (Å²) in [4.78, 5) is 25.7. The Hall–Kier alpha value is -2.63. The molecule has 1 N–H and O–H groups in total. The zero-order chi connectivity index (χ0) is 18.0. The number of carboxylic acid groups (broad SMARTS) is 1. The van der Waals surface area contributed by atoms with E-state index in [1.54, 1.807) is 18.2 Å². The lowest BCUT2D eigenvalue weighted by molar-refractivity contribution is -0.131. The van der Waals surface area contributed by atoms with Crippen LogP contribution in [0.4, 0.5) is 0 Å². The van der Waals surface area contributed by atoms with Gasteiger partial charge in [0.05, 0.1) is 17.7 Å². The average molecular weight is 342 g/mol. The fraction of sp³-hybridized carbons (Fsp3) is 0.421. The number of benzene rings is 1. The molecule has 2 aromatic rings. The van der Waals surface area contributed by atoms with Crippen molar-refractivity contribution in [3.05, 3.63) is 52.4 Å². The first-order valence-corrected chi connectivity index (χ1v) is 8.48. The van der Waals surface area contributed by atoms with Gasteiger partial charge in [0.25, 0.3) is 0 Å². The molecule has 0 saturated carbocycles. The first-order chi connectivity index (χ1) is 12.0. The van der Waals surface area contributed by atoms with Gasteiger partial charge >= 0.3 is 5.97 Å². The van der Waals surface area contributed by atoms with Crippen LogP contribution in [0, 0.1) is 13.8 Å². The topological polar surface area (TPSA) is 83.6 Å². The first-order valence-electron chi connectivity index (χ1n) is 8.48. The average Bonchev–Trinajstić information content (AvgIpc) is 2.94. The van der Waals surface area contributed by atoms with E-state index >= 15 is 0 Å². The van der Waals surface area contributed by atoms with Gasteiger partial charge in [-0.2, -0.15) is 0 Å². The van der Waals surface area contributed by atoms with Crippen LogP contribution in [0.5, 0.6) is 0 Å². The lowest BCUT2D eigenvalue weighted by Crippen LogP contribution is -2.40. The molecule has 6 nitrogen and oxygen atoms in total. The molecule has 0 bridgehead atoms. The van der Waals surface area contributed by atoms with Crippen LogP contribution in [0.15, 0.2) is 28.8 Å². The van der Waals surface area contributed by atoms with Gasteiger partial charge in [0.15, 0.2) is 0 Å². The molecular weight excluding hydrogens is 320 g/mol. The third-order valence-electron chi connectivity index (χ3n) is 4.89. The molecule has 3 rings (SSSR count). The standard InChI is InChI=1S/C19H22N2O4/c1-12-17(13(2)25-20-12)10-18(22)21-8-4-7-16(11-21)14-5-3-6-15(9-14)19(23)24/h3,5-6,9,16H,4,7-8,10-11H2,1-2H3,(H,23,24)/t16-/m0/s1. The molecule has 0 spiro atoms. The number of likely N-dealkylation sites (tertiary alicyclic amines) is 1. The molecular formula is C19H22N2O4. The lowest BCUT2D eigenvalue weighted by Gasteiger charge is -2.33. The molecule has 1 aliphatic rings. The molecule has 1 saturated heterocycles. The number of hydrogen-bond donors (Lipinski definition) is 1. The Morgan fingerprint density at radius 3 is 2.84 bits per heavy atom. The van der Waals surface area contributed by atoms with E-state index in [1.807, 2.05) is 24.8 Å². The Kier molecular flexibility index (Phi) is 4.88. The highest BCUT2D eigenvalue weighted by Crippen LogP contribution is 2.28. The maximum absolute atomic E-state index is 12.7. The van der Waals surface area contributed by atoms with Crippen LogP contribution in [0.25, 0.3) is 0 Å². The summed E-state index contributed by atoms with van der Waals surface area (Å²) in [5.41, 5.74) is 2.89. The normalized spacial score (nSPS) is 17.5. The van der Waals surface area contributed by atoms with Crippen molar-refractivity contribution in [2.24, 2.45) is 0 Å². The molecule has 1 aromatic carbocycles. The number of carbonyl (C=O) groups excluding carboxylic acids is 1. The van der Waals surface area contributed by atoms with Crippen LogP contribution in [-0.4, -0.2) is 40.1 Å². The maximum atomic E-state index is 12.7. The van der Waals surface area contributed by atoms with E-state index in [2.05, 4.69) is 5.16 Å². The van der Waals surface area contributed by atoms with Crippen LogP contribution in [0.3, 0.4) is 0 Å². The molecule has 1 aromatic heterocycles. The van der Waals surface area contributed by atoms with Gasteiger partial charge in [-0.25, -0.2) is 4.79 Å². The fourth-order valence-corrected chi connectivity index (χ4v) is 3.42. The third-order valence-corrected chi connectivity index (χ3v) is 4.89. The van der Waals surface area contributed by atoms with Gasteiger partial charge in [0.1, 0.15) is 5.76 Å². The van der Waals surface area contributed by atoms with Crippen molar-refractivity contribution in [3.63, 3.8) is 0 Å². The molecule has 6 heteroatoms. The number of aromatic nitrogens is 1. The van der Waals surface area contributed by atoms with Crippen molar-refractivity contribution in [2.75, 3.05) is 13.1 Å². The van der Waals surface area contributed by atoms with E-state index in [-0.39, 0.29) is 17.4 Å². The predicted molar refractivity (Wildman–Crippen MR) is 91.6 cm³/mol. The van der Waals surface area contributed by atoms with Crippen LogP contribution in [-0.2, 0) is 11.2 Å². The second-order valence-corrected chi connectivity index (χ2v) is 6.59. The quantitative estimate of drug-likeness (QED) is 0.923. The minimum Gasteiger partial charge on any atom is -0.478 e. The molecule has 0 unspecified atom stereocenters. The van der Waals surface area contributed by atoms with Crippen molar-refractivity contribution in [1.82, 2.24) is 10.1 Å². The third kappa shape index (κ3) is 3.73. The summed E-state index contributed by atoms with van der Waals surface area (Å²) in [5.74, 6) is -0.00673. The Bertz CT molecular complexity index is 777. The highest BCUT2D eigenvalue weighted by molar-refractivity contribution is 5.87. The zero-order valence-electron chi connectivity index (χ0n) is 14.5. The Morgan fingerprint density at radius 2 is 2.16 bits per heavy atom. The predicted octanol–water partition coefficient (Wildman–Crippen LogP) is 2.94. The van der Waals surface area contributed by atoms with Crippen LogP contribution >= 0.6 is 0 Å². The van der Waals surface area contributed by atoms with Gasteiger partial charge in [-0.15, -0.1) is 0 Å². The summed E-state index contributed by atoms with van der Waals surface area (Å²) >= 11 is 0. The molecule has 0 aliphatic carbocycles. The Labute approximate surface area is 146 Å². The molecule has 1 fully saturated rings. The summed E-state index contributed by atoms with van der Waals surface area (Å²) in [6.45, 7) is 5.01. The molecule has 132 valence electrons. The van der Waals surface area contributed by atoms with E-state index in [9.17, 15) is 9.59 Å². The van der Waals surface area contributed by atoms with Gasteiger partial charge in [-0.05, 0) is 44.4 Å². The van der Waals surface area contributed by atoms with Gasteiger partial charge < -0.3 is 14.5 Å². The minimum absolute atomic E-state index is 0.0634. The van der Waals surface area contributed by atoms with E-state index in [0.29, 0.717) is 18.7 Å². The van der Waals surface area contributed by atoms with Gasteiger partial charge in [-0.1, -0.05) is 17.3 Å². The van der Waals surface area contributed by atoms with Crippen LogP contribution < -0.4 is 0 Å². The summed E-state index contributed by atoms with van der Waals surface area (Å²) in [7, 11) is 0. The van der Waals surface area contributed by atoms with Gasteiger partial charge in [-0.3, -0.25) is 4.79 Å². The monoisotopic (exact) mass is 342 g/mol. The summed E-state index contributed by atoms with van der Waals surface area (Å²) in [6.07, 6.45) is 2.16. The highest BCUT2D eigenvalue weighted by atomic mass is 16.5. The SMILES string of the molecule is Cc1noc(C)c1CC(=O)N1CCC[C@H](c2cccc(C(=O)O)c2)C1. The number of carboxylic acids is 1. The molecule has 25 heavy (non-hydrogen) atoms. The number of rotatable bonds is 4. The lowest BCUT2D eigenvalue weighted by atomic mass is 9.89. The Balaban J connectivity index is 1.71. The Morgan fingerprint density at radius 1 is 1.36 bits per heavy atom. The van der Waals surface area contributed by atoms with Crippen molar-refractivity contribution >= 4 is 11.9 Å². The van der Waals surface area contributed by atoms with Gasteiger partial charge in [0.2, 0.25) is 5.91 Å². The van der Waals surface area contributed by atoms with E-state index in [0.717, 1.165) is 36.2 Å². The number of carbonyl (C=O) groups is 2. The molecule has 1 atom stereocenters.